The minimum Gasteiger partial charge on any atom is -0.481 e. The van der Waals surface area contributed by atoms with Gasteiger partial charge in [-0.05, 0) is 26.0 Å². The van der Waals surface area contributed by atoms with E-state index in [1.54, 1.807) is 6.92 Å². The van der Waals surface area contributed by atoms with Crippen LogP contribution in [-0.4, -0.2) is 18.6 Å². The lowest BCUT2D eigenvalue weighted by Gasteiger charge is -2.21. The lowest BCUT2D eigenvalue weighted by atomic mass is 10.0. The van der Waals surface area contributed by atoms with E-state index in [1.165, 1.54) is 0 Å². The first-order valence-electron chi connectivity index (χ1n) is 6.38. The Morgan fingerprint density at radius 2 is 2.06 bits per heavy atom. The van der Waals surface area contributed by atoms with Gasteiger partial charge < -0.3 is 15.8 Å². The molecule has 1 aromatic carbocycles. The SMILES string of the molecule is CCNC(CC)c1ccccc1OC(C)C(N)=O. The van der Waals surface area contributed by atoms with Gasteiger partial charge >= 0.3 is 0 Å². The molecule has 0 radical (unpaired) electrons. The molecule has 100 valence electrons. The third kappa shape index (κ3) is 3.74. The van der Waals surface area contributed by atoms with E-state index >= 15 is 0 Å². The molecule has 1 rings (SSSR count). The van der Waals surface area contributed by atoms with E-state index in [4.69, 9.17) is 10.5 Å². The van der Waals surface area contributed by atoms with Crippen molar-refractivity contribution < 1.29 is 9.53 Å². The van der Waals surface area contributed by atoms with Gasteiger partial charge in [0.1, 0.15) is 5.75 Å². The molecule has 0 aliphatic rings. The molecule has 1 aromatic rings. The molecule has 0 saturated carbocycles. The Bertz CT molecular complexity index is 393. The smallest absolute Gasteiger partial charge is 0.258 e. The molecule has 0 aromatic heterocycles. The molecule has 0 aliphatic carbocycles. The van der Waals surface area contributed by atoms with Crippen LogP contribution in [0.1, 0.15) is 38.8 Å². The second-order valence-electron chi connectivity index (χ2n) is 4.22. The summed E-state index contributed by atoms with van der Waals surface area (Å²) in [6.07, 6.45) is 0.337. The van der Waals surface area contributed by atoms with Crippen LogP contribution in [0, 0.1) is 0 Å². The molecule has 1 amide bonds. The van der Waals surface area contributed by atoms with Crippen LogP contribution in [0.3, 0.4) is 0 Å². The summed E-state index contributed by atoms with van der Waals surface area (Å²) in [4.78, 5) is 11.1. The summed E-state index contributed by atoms with van der Waals surface area (Å²) in [6, 6.07) is 7.98. The van der Waals surface area contributed by atoms with E-state index in [1.807, 2.05) is 24.3 Å². The Hall–Kier alpha value is -1.55. The number of amides is 1. The number of carbonyl (C=O) groups is 1. The standard InChI is InChI=1S/C14H22N2O2/c1-4-12(16-5-2)11-8-6-7-9-13(11)18-10(3)14(15)17/h6-10,12,16H,4-5H2,1-3H3,(H2,15,17). The molecule has 0 spiro atoms. The molecule has 2 unspecified atom stereocenters. The third-order valence-electron chi connectivity index (χ3n) is 2.86. The highest BCUT2D eigenvalue weighted by Crippen LogP contribution is 2.27. The summed E-state index contributed by atoms with van der Waals surface area (Å²) in [5, 5.41) is 3.40. The first kappa shape index (κ1) is 14.5. The van der Waals surface area contributed by atoms with Crippen LogP contribution in [0.15, 0.2) is 24.3 Å². The summed E-state index contributed by atoms with van der Waals surface area (Å²) in [7, 11) is 0. The third-order valence-corrected chi connectivity index (χ3v) is 2.86. The number of rotatable bonds is 7. The average Bonchev–Trinajstić information content (AvgIpc) is 2.36. The van der Waals surface area contributed by atoms with Crippen LogP contribution in [0.5, 0.6) is 5.75 Å². The van der Waals surface area contributed by atoms with Gasteiger partial charge in [0, 0.05) is 11.6 Å². The number of primary amides is 1. The van der Waals surface area contributed by atoms with E-state index in [9.17, 15) is 4.79 Å². The van der Waals surface area contributed by atoms with E-state index < -0.39 is 12.0 Å². The average molecular weight is 250 g/mol. The Kier molecular flexibility index (Phi) is 5.65. The number of hydrogen-bond acceptors (Lipinski definition) is 3. The first-order chi connectivity index (χ1) is 8.60. The maximum Gasteiger partial charge on any atom is 0.258 e. The number of ether oxygens (including phenoxy) is 1. The van der Waals surface area contributed by atoms with Gasteiger partial charge in [-0.15, -0.1) is 0 Å². The molecule has 0 saturated heterocycles. The number of para-hydroxylation sites is 1. The van der Waals surface area contributed by atoms with Gasteiger partial charge in [-0.25, -0.2) is 0 Å². The Morgan fingerprint density at radius 3 is 2.61 bits per heavy atom. The number of hydrogen-bond donors (Lipinski definition) is 2. The second kappa shape index (κ2) is 7.01. The fourth-order valence-corrected chi connectivity index (χ4v) is 1.84. The zero-order valence-corrected chi connectivity index (χ0v) is 11.3. The molecule has 2 atom stereocenters. The lowest BCUT2D eigenvalue weighted by Crippen LogP contribution is -2.31. The predicted octanol–water partition coefficient (Wildman–Crippen LogP) is 2.00. The Morgan fingerprint density at radius 1 is 1.39 bits per heavy atom. The Balaban J connectivity index is 2.94. The largest absolute Gasteiger partial charge is 0.481 e. The summed E-state index contributed by atoms with van der Waals surface area (Å²) in [5.74, 6) is 0.262. The molecule has 0 aliphatic heterocycles. The van der Waals surface area contributed by atoms with Crippen LogP contribution < -0.4 is 15.8 Å². The summed E-state index contributed by atoms with van der Waals surface area (Å²) < 4.78 is 5.62. The normalized spacial score (nSPS) is 13.9. The van der Waals surface area contributed by atoms with E-state index in [-0.39, 0.29) is 6.04 Å². The first-order valence-corrected chi connectivity index (χ1v) is 6.38. The topological polar surface area (TPSA) is 64.3 Å². The van der Waals surface area contributed by atoms with Gasteiger partial charge in [0.15, 0.2) is 6.10 Å². The van der Waals surface area contributed by atoms with E-state index in [0.717, 1.165) is 24.3 Å². The van der Waals surface area contributed by atoms with Crippen LogP contribution in [0.25, 0.3) is 0 Å². The fourth-order valence-electron chi connectivity index (χ4n) is 1.84. The molecule has 3 N–H and O–H groups in total. The maximum absolute atomic E-state index is 11.1. The summed E-state index contributed by atoms with van der Waals surface area (Å²) in [6.45, 7) is 6.73. The van der Waals surface area contributed by atoms with Gasteiger partial charge in [0.05, 0.1) is 0 Å². The van der Waals surface area contributed by atoms with Crippen LogP contribution in [-0.2, 0) is 4.79 Å². The lowest BCUT2D eigenvalue weighted by molar-refractivity contribution is -0.124. The molecule has 0 bridgehead atoms. The highest BCUT2D eigenvalue weighted by atomic mass is 16.5. The van der Waals surface area contributed by atoms with Crippen molar-refractivity contribution in [2.45, 2.75) is 39.3 Å². The van der Waals surface area contributed by atoms with Crippen LogP contribution in [0.4, 0.5) is 0 Å². The molecular weight excluding hydrogens is 228 g/mol. The quantitative estimate of drug-likeness (QED) is 0.778. The van der Waals surface area contributed by atoms with E-state index in [0.29, 0.717) is 0 Å². The number of benzene rings is 1. The van der Waals surface area contributed by atoms with E-state index in [2.05, 4.69) is 19.2 Å². The van der Waals surface area contributed by atoms with Gasteiger partial charge in [-0.1, -0.05) is 32.0 Å². The van der Waals surface area contributed by atoms with Crippen LogP contribution >= 0.6 is 0 Å². The number of nitrogens with two attached hydrogens (primary N) is 1. The molecule has 0 fully saturated rings. The molecular formula is C14H22N2O2. The van der Waals surface area contributed by atoms with Gasteiger partial charge in [0.25, 0.3) is 5.91 Å². The van der Waals surface area contributed by atoms with Crippen molar-refractivity contribution >= 4 is 5.91 Å². The van der Waals surface area contributed by atoms with Gasteiger partial charge in [-0.2, -0.15) is 0 Å². The minimum atomic E-state index is -0.620. The molecule has 0 heterocycles. The summed E-state index contributed by atoms with van der Waals surface area (Å²) >= 11 is 0. The minimum absolute atomic E-state index is 0.228. The van der Waals surface area contributed by atoms with Gasteiger partial charge in [-0.3, -0.25) is 4.79 Å². The van der Waals surface area contributed by atoms with Crippen LogP contribution in [0.2, 0.25) is 0 Å². The maximum atomic E-state index is 11.1. The predicted molar refractivity (Wildman–Crippen MR) is 72.4 cm³/mol. The van der Waals surface area contributed by atoms with Crippen molar-refractivity contribution in [2.24, 2.45) is 5.73 Å². The monoisotopic (exact) mass is 250 g/mol. The molecule has 4 heteroatoms. The van der Waals surface area contributed by atoms with Crippen molar-refractivity contribution in [1.82, 2.24) is 5.32 Å². The van der Waals surface area contributed by atoms with Crippen molar-refractivity contribution in [3.05, 3.63) is 29.8 Å². The highest BCUT2D eigenvalue weighted by molar-refractivity contribution is 5.78. The molecule has 18 heavy (non-hydrogen) atoms. The molecule has 4 nitrogen and oxygen atoms in total. The number of nitrogens with one attached hydrogen (secondary N) is 1. The van der Waals surface area contributed by atoms with Crippen molar-refractivity contribution in [1.29, 1.82) is 0 Å². The van der Waals surface area contributed by atoms with Gasteiger partial charge in [0.2, 0.25) is 0 Å². The second-order valence-corrected chi connectivity index (χ2v) is 4.22. The zero-order valence-electron chi connectivity index (χ0n) is 11.3. The van der Waals surface area contributed by atoms with Crippen molar-refractivity contribution in [2.75, 3.05) is 6.54 Å². The zero-order chi connectivity index (χ0) is 13.5. The number of carbonyl (C=O) groups excluding carboxylic acids is 1. The van der Waals surface area contributed by atoms with Crippen molar-refractivity contribution in [3.63, 3.8) is 0 Å². The van der Waals surface area contributed by atoms with Crippen molar-refractivity contribution in [3.8, 4) is 5.75 Å². The summed E-state index contributed by atoms with van der Waals surface area (Å²) in [5.41, 5.74) is 6.29. The fraction of sp³-hybridized carbons (Fsp3) is 0.500. The highest BCUT2D eigenvalue weighted by Gasteiger charge is 2.17. The Labute approximate surface area is 109 Å².